The number of aliphatic carboxylic acids is 1. The highest BCUT2D eigenvalue weighted by atomic mass is 16.4. The van der Waals surface area contributed by atoms with Crippen LogP contribution >= 0.6 is 0 Å². The third kappa shape index (κ3) is 1.83. The molecule has 0 bridgehead atoms. The first kappa shape index (κ1) is 11.1. The summed E-state index contributed by atoms with van der Waals surface area (Å²) in [5, 5.41) is 12.4. The van der Waals surface area contributed by atoms with Gasteiger partial charge in [0.25, 0.3) is 0 Å². The molecule has 1 aromatic rings. The Balaban J connectivity index is 2.38. The topological polar surface area (TPSA) is 49.3 Å². The van der Waals surface area contributed by atoms with Crippen molar-refractivity contribution < 1.29 is 9.90 Å². The minimum absolute atomic E-state index is 0.165. The van der Waals surface area contributed by atoms with Crippen LogP contribution in [0, 0.1) is 0 Å². The van der Waals surface area contributed by atoms with Gasteiger partial charge in [-0.1, -0.05) is 31.2 Å². The van der Waals surface area contributed by atoms with E-state index in [-0.39, 0.29) is 12.0 Å². The Labute approximate surface area is 95.5 Å². The Morgan fingerprint density at radius 1 is 1.50 bits per heavy atom. The van der Waals surface area contributed by atoms with Crippen LogP contribution in [-0.4, -0.2) is 17.6 Å². The van der Waals surface area contributed by atoms with Crippen molar-refractivity contribution >= 4 is 5.97 Å². The van der Waals surface area contributed by atoms with E-state index in [1.807, 2.05) is 25.1 Å². The van der Waals surface area contributed by atoms with Crippen molar-refractivity contribution in [2.24, 2.45) is 0 Å². The average Bonchev–Trinajstić information content (AvgIpc) is 2.58. The molecule has 3 heteroatoms. The Morgan fingerprint density at radius 3 is 2.94 bits per heavy atom. The van der Waals surface area contributed by atoms with E-state index in [1.54, 1.807) is 0 Å². The summed E-state index contributed by atoms with van der Waals surface area (Å²) in [4.78, 5) is 11.0. The highest BCUT2D eigenvalue weighted by molar-refractivity contribution is 5.69. The highest BCUT2D eigenvalue weighted by Crippen LogP contribution is 2.39. The molecule has 1 aliphatic carbocycles. The van der Waals surface area contributed by atoms with Gasteiger partial charge < -0.3 is 10.4 Å². The first-order chi connectivity index (χ1) is 7.68. The third-order valence-electron chi connectivity index (χ3n) is 3.32. The van der Waals surface area contributed by atoms with Crippen LogP contribution in [0.2, 0.25) is 0 Å². The van der Waals surface area contributed by atoms with Crippen LogP contribution in [0.25, 0.3) is 0 Å². The van der Waals surface area contributed by atoms with Gasteiger partial charge in [-0.05, 0) is 30.5 Å². The molecule has 0 saturated carbocycles. The molecule has 1 unspecified atom stereocenters. The fourth-order valence-corrected chi connectivity index (χ4v) is 2.71. The second-order valence-corrected chi connectivity index (χ2v) is 4.34. The van der Waals surface area contributed by atoms with Crippen LogP contribution in [0.4, 0.5) is 0 Å². The van der Waals surface area contributed by atoms with Gasteiger partial charge in [0.15, 0.2) is 0 Å². The third-order valence-corrected chi connectivity index (χ3v) is 3.32. The number of carboxylic acid groups (broad SMARTS) is 1. The van der Waals surface area contributed by atoms with Crippen molar-refractivity contribution in [1.29, 1.82) is 0 Å². The van der Waals surface area contributed by atoms with Crippen molar-refractivity contribution in [2.75, 3.05) is 6.54 Å². The molecule has 2 N–H and O–H groups in total. The first-order valence-electron chi connectivity index (χ1n) is 5.73. The Bertz CT molecular complexity index is 399. The lowest BCUT2D eigenvalue weighted by Gasteiger charge is -2.29. The van der Waals surface area contributed by atoms with Gasteiger partial charge in [0.1, 0.15) is 0 Å². The molecular weight excluding hydrogens is 202 g/mol. The average molecular weight is 219 g/mol. The summed E-state index contributed by atoms with van der Waals surface area (Å²) in [6, 6.07) is 8.14. The minimum Gasteiger partial charge on any atom is -0.481 e. The fourth-order valence-electron chi connectivity index (χ4n) is 2.71. The Hall–Kier alpha value is -1.35. The number of hydrogen-bond acceptors (Lipinski definition) is 2. The summed E-state index contributed by atoms with van der Waals surface area (Å²) in [5.41, 5.74) is 2.10. The van der Waals surface area contributed by atoms with Crippen LogP contribution in [0.3, 0.4) is 0 Å². The summed E-state index contributed by atoms with van der Waals surface area (Å²) >= 11 is 0. The lowest BCUT2D eigenvalue weighted by Crippen LogP contribution is -2.42. The molecule has 16 heavy (non-hydrogen) atoms. The number of benzene rings is 1. The molecule has 0 amide bonds. The predicted octanol–water partition coefficient (Wildman–Crippen LogP) is 1.91. The van der Waals surface area contributed by atoms with E-state index in [0.29, 0.717) is 0 Å². The van der Waals surface area contributed by atoms with Crippen molar-refractivity contribution in [3.8, 4) is 0 Å². The maximum atomic E-state index is 11.0. The normalized spacial score (nSPS) is 23.1. The van der Waals surface area contributed by atoms with Gasteiger partial charge >= 0.3 is 5.97 Å². The zero-order valence-electron chi connectivity index (χ0n) is 9.49. The van der Waals surface area contributed by atoms with E-state index in [1.165, 1.54) is 11.1 Å². The highest BCUT2D eigenvalue weighted by Gasteiger charge is 2.39. The van der Waals surface area contributed by atoms with Gasteiger partial charge in [0.2, 0.25) is 0 Å². The quantitative estimate of drug-likeness (QED) is 0.813. The van der Waals surface area contributed by atoms with Crippen molar-refractivity contribution in [3.63, 3.8) is 0 Å². The zero-order valence-corrected chi connectivity index (χ0v) is 9.49. The molecule has 1 aliphatic rings. The van der Waals surface area contributed by atoms with Gasteiger partial charge in [0, 0.05) is 0 Å². The lowest BCUT2D eigenvalue weighted by atomic mass is 9.88. The fraction of sp³-hybridized carbons (Fsp3) is 0.462. The van der Waals surface area contributed by atoms with E-state index in [2.05, 4.69) is 11.4 Å². The molecule has 0 aliphatic heterocycles. The van der Waals surface area contributed by atoms with Gasteiger partial charge in [-0.3, -0.25) is 4.79 Å². The number of carboxylic acids is 1. The summed E-state index contributed by atoms with van der Waals surface area (Å²) in [7, 11) is 0. The molecule has 0 radical (unpaired) electrons. The number of carbonyl (C=O) groups is 1. The maximum absolute atomic E-state index is 11.0. The van der Waals surface area contributed by atoms with E-state index < -0.39 is 5.97 Å². The summed E-state index contributed by atoms with van der Waals surface area (Å²) in [6.45, 7) is 2.81. The molecule has 0 spiro atoms. The molecule has 1 aromatic carbocycles. The monoisotopic (exact) mass is 219 g/mol. The van der Waals surface area contributed by atoms with Crippen molar-refractivity contribution in [3.05, 3.63) is 35.4 Å². The zero-order chi connectivity index (χ0) is 11.6. The molecule has 86 valence electrons. The summed E-state index contributed by atoms with van der Waals surface area (Å²) in [5.74, 6) is -0.738. The second-order valence-electron chi connectivity index (χ2n) is 4.34. The van der Waals surface area contributed by atoms with Crippen LogP contribution in [0.1, 0.15) is 30.9 Å². The molecule has 0 aromatic heterocycles. The predicted molar refractivity (Wildman–Crippen MR) is 62.4 cm³/mol. The SMILES string of the molecule is CCNC1(CC(=O)O)CCc2ccccc21. The lowest BCUT2D eigenvalue weighted by molar-refractivity contribution is -0.138. The molecule has 0 heterocycles. The van der Waals surface area contributed by atoms with Crippen LogP contribution in [0.5, 0.6) is 0 Å². The molecule has 2 rings (SSSR count). The number of nitrogens with one attached hydrogen (secondary N) is 1. The molecule has 1 atom stereocenters. The molecular formula is C13H17NO2. The van der Waals surface area contributed by atoms with E-state index in [0.717, 1.165) is 19.4 Å². The smallest absolute Gasteiger partial charge is 0.305 e. The largest absolute Gasteiger partial charge is 0.481 e. The van der Waals surface area contributed by atoms with Crippen LogP contribution in [0.15, 0.2) is 24.3 Å². The number of aryl methyl sites for hydroxylation is 1. The van der Waals surface area contributed by atoms with Crippen molar-refractivity contribution in [1.82, 2.24) is 5.32 Å². The number of rotatable bonds is 4. The van der Waals surface area contributed by atoms with Gasteiger partial charge in [0.05, 0.1) is 12.0 Å². The van der Waals surface area contributed by atoms with Crippen LogP contribution < -0.4 is 5.32 Å². The Morgan fingerprint density at radius 2 is 2.25 bits per heavy atom. The molecule has 0 saturated heterocycles. The van der Waals surface area contributed by atoms with Gasteiger partial charge in [-0.25, -0.2) is 0 Å². The standard InChI is InChI=1S/C13H17NO2/c1-2-14-13(9-12(15)16)8-7-10-5-3-4-6-11(10)13/h3-6,14H,2,7-9H2,1H3,(H,15,16). The minimum atomic E-state index is -0.738. The van der Waals surface area contributed by atoms with Crippen molar-refractivity contribution in [2.45, 2.75) is 31.7 Å². The second kappa shape index (κ2) is 4.26. The number of hydrogen-bond donors (Lipinski definition) is 2. The van der Waals surface area contributed by atoms with E-state index >= 15 is 0 Å². The Kier molecular flexibility index (Phi) is 2.97. The number of fused-ring (bicyclic) bond motifs is 1. The molecule has 0 fully saturated rings. The van der Waals surface area contributed by atoms with E-state index in [9.17, 15) is 4.79 Å². The first-order valence-corrected chi connectivity index (χ1v) is 5.73. The van der Waals surface area contributed by atoms with Gasteiger partial charge in [-0.15, -0.1) is 0 Å². The maximum Gasteiger partial charge on any atom is 0.305 e. The summed E-state index contributed by atoms with van der Waals surface area (Å²) in [6.07, 6.45) is 2.01. The van der Waals surface area contributed by atoms with E-state index in [4.69, 9.17) is 5.11 Å². The van der Waals surface area contributed by atoms with Gasteiger partial charge in [-0.2, -0.15) is 0 Å². The summed E-state index contributed by atoms with van der Waals surface area (Å²) < 4.78 is 0. The van der Waals surface area contributed by atoms with Crippen LogP contribution in [-0.2, 0) is 16.8 Å². The molecule has 3 nitrogen and oxygen atoms in total.